The van der Waals surface area contributed by atoms with E-state index in [0.29, 0.717) is 5.89 Å². The molecular formula is C15H18ClN3O2. The highest BCUT2D eigenvalue weighted by molar-refractivity contribution is 5.95. The van der Waals surface area contributed by atoms with Crippen molar-refractivity contribution in [1.29, 1.82) is 0 Å². The molecule has 1 aliphatic heterocycles. The number of anilines is 1. The van der Waals surface area contributed by atoms with E-state index in [1.54, 1.807) is 12.5 Å². The Bertz CT molecular complexity index is 607. The van der Waals surface area contributed by atoms with Crippen molar-refractivity contribution in [3.63, 3.8) is 0 Å². The Morgan fingerprint density at radius 3 is 3.00 bits per heavy atom. The van der Waals surface area contributed by atoms with Crippen LogP contribution in [0.1, 0.15) is 18.4 Å². The molecule has 1 atom stereocenters. The SMILES string of the molecule is Cc1ccc(NC(=O)C2CCCN2)cc1-c1ncco1.Cl. The zero-order chi connectivity index (χ0) is 13.9. The van der Waals surface area contributed by atoms with Crippen LogP contribution >= 0.6 is 12.4 Å². The van der Waals surface area contributed by atoms with Crippen molar-refractivity contribution < 1.29 is 9.21 Å². The van der Waals surface area contributed by atoms with E-state index in [-0.39, 0.29) is 24.4 Å². The molecule has 6 heteroatoms. The summed E-state index contributed by atoms with van der Waals surface area (Å²) in [6.45, 7) is 2.90. The Hall–Kier alpha value is -1.85. The molecule has 21 heavy (non-hydrogen) atoms. The van der Waals surface area contributed by atoms with Gasteiger partial charge in [0.2, 0.25) is 11.8 Å². The van der Waals surface area contributed by atoms with E-state index in [0.717, 1.165) is 36.2 Å². The largest absolute Gasteiger partial charge is 0.445 e. The van der Waals surface area contributed by atoms with Crippen molar-refractivity contribution in [1.82, 2.24) is 10.3 Å². The number of hydrogen-bond acceptors (Lipinski definition) is 4. The van der Waals surface area contributed by atoms with Gasteiger partial charge in [-0.3, -0.25) is 4.79 Å². The number of amides is 1. The van der Waals surface area contributed by atoms with Crippen LogP contribution in [-0.4, -0.2) is 23.5 Å². The van der Waals surface area contributed by atoms with Crippen molar-refractivity contribution >= 4 is 24.0 Å². The molecule has 2 aromatic rings. The normalized spacial score (nSPS) is 17.3. The number of nitrogens with zero attached hydrogens (tertiary/aromatic N) is 1. The minimum atomic E-state index is -0.0820. The fourth-order valence-electron chi connectivity index (χ4n) is 2.42. The number of carbonyl (C=O) groups is 1. The first kappa shape index (κ1) is 15.5. The minimum Gasteiger partial charge on any atom is -0.445 e. The standard InChI is InChI=1S/C15H17N3O2.ClH/c1-10-4-5-11(9-12(10)15-17-7-8-20-15)18-14(19)13-3-2-6-16-13;/h4-5,7-9,13,16H,2-3,6H2,1H3,(H,18,19);1H. The second-order valence-corrected chi connectivity index (χ2v) is 5.01. The van der Waals surface area contributed by atoms with E-state index in [1.807, 2.05) is 25.1 Å². The first-order valence-corrected chi connectivity index (χ1v) is 6.79. The van der Waals surface area contributed by atoms with Gasteiger partial charge in [-0.15, -0.1) is 12.4 Å². The molecule has 5 nitrogen and oxygen atoms in total. The average Bonchev–Trinajstić information content (AvgIpc) is 3.14. The molecule has 0 aliphatic carbocycles. The maximum Gasteiger partial charge on any atom is 0.241 e. The van der Waals surface area contributed by atoms with E-state index in [9.17, 15) is 4.79 Å². The summed E-state index contributed by atoms with van der Waals surface area (Å²) in [6.07, 6.45) is 5.10. The van der Waals surface area contributed by atoms with Gasteiger partial charge in [-0.1, -0.05) is 6.07 Å². The van der Waals surface area contributed by atoms with Crippen LogP contribution in [0.3, 0.4) is 0 Å². The van der Waals surface area contributed by atoms with Gasteiger partial charge < -0.3 is 15.1 Å². The van der Waals surface area contributed by atoms with Crippen LogP contribution in [-0.2, 0) is 4.79 Å². The molecule has 0 radical (unpaired) electrons. The molecule has 2 N–H and O–H groups in total. The average molecular weight is 308 g/mol. The van der Waals surface area contributed by atoms with E-state index >= 15 is 0 Å². The predicted octanol–water partition coefficient (Wildman–Crippen LogP) is 2.76. The van der Waals surface area contributed by atoms with Gasteiger partial charge >= 0.3 is 0 Å². The molecule has 0 spiro atoms. The highest BCUT2D eigenvalue weighted by Gasteiger charge is 2.22. The molecule has 1 saturated heterocycles. The van der Waals surface area contributed by atoms with Gasteiger partial charge in [-0.25, -0.2) is 4.98 Å². The quantitative estimate of drug-likeness (QED) is 0.915. The van der Waals surface area contributed by atoms with Crippen molar-refractivity contribution in [2.24, 2.45) is 0 Å². The van der Waals surface area contributed by atoms with Gasteiger partial charge in [0.05, 0.1) is 12.2 Å². The minimum absolute atomic E-state index is 0. The summed E-state index contributed by atoms with van der Waals surface area (Å²) >= 11 is 0. The lowest BCUT2D eigenvalue weighted by atomic mass is 10.1. The van der Waals surface area contributed by atoms with Gasteiger partial charge in [0.15, 0.2) is 0 Å². The third-order valence-corrected chi connectivity index (χ3v) is 3.54. The van der Waals surface area contributed by atoms with Crippen molar-refractivity contribution in [3.05, 3.63) is 36.2 Å². The van der Waals surface area contributed by atoms with Crippen LogP contribution in [0.2, 0.25) is 0 Å². The molecule has 3 rings (SSSR count). The molecule has 112 valence electrons. The van der Waals surface area contributed by atoms with Gasteiger partial charge in [-0.2, -0.15) is 0 Å². The molecule has 0 saturated carbocycles. The van der Waals surface area contributed by atoms with Gasteiger partial charge in [0.25, 0.3) is 0 Å². The topological polar surface area (TPSA) is 67.2 Å². The Kier molecular flexibility index (Phi) is 4.98. The van der Waals surface area contributed by atoms with Crippen LogP contribution in [0.25, 0.3) is 11.5 Å². The lowest BCUT2D eigenvalue weighted by molar-refractivity contribution is -0.117. The first-order valence-electron chi connectivity index (χ1n) is 6.79. The van der Waals surface area contributed by atoms with Crippen LogP contribution < -0.4 is 10.6 Å². The lowest BCUT2D eigenvalue weighted by Crippen LogP contribution is -2.35. The van der Waals surface area contributed by atoms with E-state index < -0.39 is 0 Å². The number of carbonyl (C=O) groups excluding carboxylic acids is 1. The second-order valence-electron chi connectivity index (χ2n) is 5.01. The molecule has 1 amide bonds. The summed E-state index contributed by atoms with van der Waals surface area (Å²) in [5.74, 6) is 0.585. The fraction of sp³-hybridized carbons (Fsp3) is 0.333. The molecule has 1 aromatic heterocycles. The van der Waals surface area contributed by atoms with E-state index in [4.69, 9.17) is 4.42 Å². The molecule has 1 aliphatic rings. The number of halogens is 1. The number of nitrogens with one attached hydrogen (secondary N) is 2. The maximum atomic E-state index is 12.1. The summed E-state index contributed by atoms with van der Waals surface area (Å²) in [4.78, 5) is 16.2. The fourth-order valence-corrected chi connectivity index (χ4v) is 2.42. The number of hydrogen-bond donors (Lipinski definition) is 2. The third-order valence-electron chi connectivity index (χ3n) is 3.54. The number of benzene rings is 1. The summed E-state index contributed by atoms with van der Waals surface area (Å²) in [5, 5.41) is 6.13. The van der Waals surface area contributed by atoms with Crippen LogP contribution in [0.5, 0.6) is 0 Å². The van der Waals surface area contributed by atoms with E-state index in [1.165, 1.54) is 0 Å². The predicted molar refractivity (Wildman–Crippen MR) is 83.6 cm³/mol. The first-order chi connectivity index (χ1) is 9.74. The van der Waals surface area contributed by atoms with Crippen LogP contribution in [0, 0.1) is 6.92 Å². The summed E-state index contributed by atoms with van der Waals surface area (Å²) < 4.78 is 5.32. The molecule has 2 heterocycles. The molecule has 1 unspecified atom stereocenters. The molecule has 0 bridgehead atoms. The Balaban J connectivity index is 0.00000161. The molecular weight excluding hydrogens is 290 g/mol. The number of rotatable bonds is 3. The Labute approximate surface area is 129 Å². The summed E-state index contributed by atoms with van der Waals surface area (Å²) in [5.41, 5.74) is 2.72. The smallest absolute Gasteiger partial charge is 0.241 e. The Morgan fingerprint density at radius 1 is 1.48 bits per heavy atom. The van der Waals surface area contributed by atoms with Gasteiger partial charge in [-0.05, 0) is 44.0 Å². The number of oxazole rings is 1. The molecule has 1 aromatic carbocycles. The molecule has 1 fully saturated rings. The van der Waals surface area contributed by atoms with E-state index in [2.05, 4.69) is 15.6 Å². The van der Waals surface area contributed by atoms with Gasteiger partial charge in [0, 0.05) is 11.3 Å². The Morgan fingerprint density at radius 2 is 2.33 bits per heavy atom. The number of aromatic nitrogens is 1. The number of aryl methyl sites for hydroxylation is 1. The zero-order valence-electron chi connectivity index (χ0n) is 11.8. The zero-order valence-corrected chi connectivity index (χ0v) is 12.6. The highest BCUT2D eigenvalue weighted by Crippen LogP contribution is 2.25. The summed E-state index contributed by atoms with van der Waals surface area (Å²) in [6, 6.07) is 5.67. The third kappa shape index (κ3) is 3.43. The lowest BCUT2D eigenvalue weighted by Gasteiger charge is -2.12. The summed E-state index contributed by atoms with van der Waals surface area (Å²) in [7, 11) is 0. The van der Waals surface area contributed by atoms with Crippen LogP contribution in [0.4, 0.5) is 5.69 Å². The van der Waals surface area contributed by atoms with Crippen molar-refractivity contribution in [2.45, 2.75) is 25.8 Å². The second kappa shape index (κ2) is 6.74. The van der Waals surface area contributed by atoms with Crippen molar-refractivity contribution in [2.75, 3.05) is 11.9 Å². The monoisotopic (exact) mass is 307 g/mol. The maximum absolute atomic E-state index is 12.1. The van der Waals surface area contributed by atoms with Crippen LogP contribution in [0.15, 0.2) is 35.1 Å². The van der Waals surface area contributed by atoms with Crippen molar-refractivity contribution in [3.8, 4) is 11.5 Å². The highest BCUT2D eigenvalue weighted by atomic mass is 35.5. The van der Waals surface area contributed by atoms with Gasteiger partial charge in [0.1, 0.15) is 6.26 Å².